The molecule has 5 nitrogen and oxygen atoms in total. The molecule has 26 heavy (non-hydrogen) atoms. The number of nitrogens with zero attached hydrogens (tertiary/aromatic N) is 2. The summed E-state index contributed by atoms with van der Waals surface area (Å²) in [5.74, 6) is 0.726. The van der Waals surface area contributed by atoms with Crippen molar-refractivity contribution >= 4 is 45.8 Å². The van der Waals surface area contributed by atoms with Crippen molar-refractivity contribution in [3.05, 3.63) is 46.4 Å². The van der Waals surface area contributed by atoms with Crippen LogP contribution in [-0.4, -0.2) is 40.4 Å². The van der Waals surface area contributed by atoms with E-state index in [9.17, 15) is 4.79 Å². The highest BCUT2D eigenvalue weighted by Gasteiger charge is 2.15. The molecule has 4 rings (SSSR count). The van der Waals surface area contributed by atoms with Crippen LogP contribution in [0, 0.1) is 0 Å². The van der Waals surface area contributed by atoms with Crippen LogP contribution in [0.15, 0.2) is 36.4 Å². The van der Waals surface area contributed by atoms with E-state index in [0.717, 1.165) is 29.9 Å². The van der Waals surface area contributed by atoms with Crippen LogP contribution < -0.4 is 5.32 Å². The molecule has 1 saturated heterocycles. The molecule has 0 bridgehead atoms. The number of hydrogen-bond acceptors (Lipinski definition) is 3. The first kappa shape index (κ1) is 17.3. The number of amides is 1. The molecule has 0 atom stereocenters. The maximum atomic E-state index is 12.1. The van der Waals surface area contributed by atoms with E-state index in [2.05, 4.69) is 20.2 Å². The van der Waals surface area contributed by atoms with Crippen LogP contribution in [-0.2, 0) is 4.79 Å². The average Bonchev–Trinajstić information content (AvgIpc) is 3.29. The van der Waals surface area contributed by atoms with E-state index in [-0.39, 0.29) is 5.91 Å². The summed E-state index contributed by atoms with van der Waals surface area (Å²) in [5.41, 5.74) is 3.16. The van der Waals surface area contributed by atoms with Crippen molar-refractivity contribution < 1.29 is 4.79 Å². The average molecular weight is 389 g/mol. The van der Waals surface area contributed by atoms with E-state index in [1.54, 1.807) is 6.07 Å². The second-order valence-electron chi connectivity index (χ2n) is 6.45. The van der Waals surface area contributed by atoms with Crippen molar-refractivity contribution in [1.29, 1.82) is 0 Å². The molecule has 1 fully saturated rings. The molecule has 7 heteroatoms. The SMILES string of the molecule is O=C(CN1CCCC1)Nc1ccc(-c2nc3c(Cl)c(Cl)ccc3[nH]2)cc1. The largest absolute Gasteiger partial charge is 0.338 e. The number of H-pyrrole nitrogens is 1. The lowest BCUT2D eigenvalue weighted by Crippen LogP contribution is -2.30. The molecule has 0 unspecified atom stereocenters. The lowest BCUT2D eigenvalue weighted by Gasteiger charge is -2.14. The number of likely N-dealkylation sites (tertiary alicyclic amines) is 1. The molecule has 0 saturated carbocycles. The van der Waals surface area contributed by atoms with Crippen LogP contribution in [0.1, 0.15) is 12.8 Å². The lowest BCUT2D eigenvalue weighted by atomic mass is 10.2. The van der Waals surface area contributed by atoms with Crippen LogP contribution >= 0.6 is 23.2 Å². The summed E-state index contributed by atoms with van der Waals surface area (Å²) in [6.07, 6.45) is 2.35. The van der Waals surface area contributed by atoms with Gasteiger partial charge in [-0.3, -0.25) is 9.69 Å². The number of nitrogens with one attached hydrogen (secondary N) is 2. The smallest absolute Gasteiger partial charge is 0.238 e. The Morgan fingerprint density at radius 3 is 2.58 bits per heavy atom. The van der Waals surface area contributed by atoms with Crippen molar-refractivity contribution in [3.63, 3.8) is 0 Å². The van der Waals surface area contributed by atoms with Gasteiger partial charge in [0, 0.05) is 11.3 Å². The molecule has 2 heterocycles. The Morgan fingerprint density at radius 1 is 1.12 bits per heavy atom. The number of imidazole rings is 1. The third kappa shape index (κ3) is 3.56. The molecule has 1 amide bonds. The first-order chi connectivity index (χ1) is 12.6. The molecule has 0 spiro atoms. The first-order valence-electron chi connectivity index (χ1n) is 8.56. The maximum Gasteiger partial charge on any atom is 0.238 e. The number of aromatic nitrogens is 2. The Bertz CT molecular complexity index is 946. The zero-order valence-corrected chi connectivity index (χ0v) is 15.6. The third-order valence-corrected chi connectivity index (χ3v) is 5.35. The Labute approximate surface area is 161 Å². The van der Waals surface area contributed by atoms with Gasteiger partial charge in [0.05, 0.1) is 22.1 Å². The lowest BCUT2D eigenvalue weighted by molar-refractivity contribution is -0.117. The van der Waals surface area contributed by atoms with Gasteiger partial charge in [0.1, 0.15) is 11.3 Å². The molecule has 1 aromatic heterocycles. The molecule has 2 aromatic carbocycles. The summed E-state index contributed by atoms with van der Waals surface area (Å²) in [7, 11) is 0. The zero-order valence-electron chi connectivity index (χ0n) is 14.1. The number of anilines is 1. The van der Waals surface area contributed by atoms with E-state index in [0.29, 0.717) is 27.9 Å². The highest BCUT2D eigenvalue weighted by Crippen LogP contribution is 2.31. The number of hydrogen-bond donors (Lipinski definition) is 2. The minimum absolute atomic E-state index is 0.0183. The van der Waals surface area contributed by atoms with Gasteiger partial charge in [-0.15, -0.1) is 0 Å². The summed E-state index contributed by atoms with van der Waals surface area (Å²) in [6, 6.07) is 11.2. The van der Waals surface area contributed by atoms with E-state index in [4.69, 9.17) is 23.2 Å². The first-order valence-corrected chi connectivity index (χ1v) is 9.32. The van der Waals surface area contributed by atoms with Gasteiger partial charge < -0.3 is 10.3 Å². The molecule has 134 valence electrons. The molecule has 2 N–H and O–H groups in total. The van der Waals surface area contributed by atoms with E-state index in [1.807, 2.05) is 30.3 Å². The maximum absolute atomic E-state index is 12.1. The summed E-state index contributed by atoms with van der Waals surface area (Å²) in [6.45, 7) is 2.46. The van der Waals surface area contributed by atoms with Gasteiger partial charge in [0.2, 0.25) is 5.91 Å². The van der Waals surface area contributed by atoms with Crippen LogP contribution in [0.2, 0.25) is 10.0 Å². The number of halogens is 2. The van der Waals surface area contributed by atoms with Gasteiger partial charge in [0.25, 0.3) is 0 Å². The van der Waals surface area contributed by atoms with Gasteiger partial charge in [-0.2, -0.15) is 0 Å². The van der Waals surface area contributed by atoms with E-state index in [1.165, 1.54) is 12.8 Å². The summed E-state index contributed by atoms with van der Waals surface area (Å²) < 4.78 is 0. The van der Waals surface area contributed by atoms with Gasteiger partial charge in [-0.25, -0.2) is 4.98 Å². The Kier molecular flexibility index (Phi) is 4.85. The van der Waals surface area contributed by atoms with E-state index >= 15 is 0 Å². The van der Waals surface area contributed by atoms with Crippen molar-refractivity contribution in [2.24, 2.45) is 0 Å². The van der Waals surface area contributed by atoms with Crippen molar-refractivity contribution in [3.8, 4) is 11.4 Å². The highest BCUT2D eigenvalue weighted by molar-refractivity contribution is 6.44. The number of benzene rings is 2. The summed E-state index contributed by atoms with van der Waals surface area (Å²) in [4.78, 5) is 22.1. The van der Waals surface area contributed by atoms with Crippen molar-refractivity contribution in [2.45, 2.75) is 12.8 Å². The Hall–Kier alpha value is -2.08. The number of carbonyl (C=O) groups is 1. The van der Waals surface area contributed by atoms with Crippen LogP contribution in [0.5, 0.6) is 0 Å². The fraction of sp³-hybridized carbons (Fsp3) is 0.263. The predicted molar refractivity (Wildman–Crippen MR) is 106 cm³/mol. The topological polar surface area (TPSA) is 61.0 Å². The summed E-state index contributed by atoms with van der Waals surface area (Å²) in [5, 5.41) is 3.86. The molecular formula is C19H18Cl2N4O. The van der Waals surface area contributed by atoms with Gasteiger partial charge in [0.15, 0.2) is 0 Å². The monoisotopic (exact) mass is 388 g/mol. The standard InChI is InChI=1S/C19H18Cl2N4O/c20-14-7-8-15-18(17(14)21)24-19(23-15)12-3-5-13(6-4-12)22-16(26)11-25-9-1-2-10-25/h3-8H,1-2,9-11H2,(H,22,26)(H,23,24). The van der Waals surface area contributed by atoms with Gasteiger partial charge in [-0.05, 0) is 62.3 Å². The quantitative estimate of drug-likeness (QED) is 0.687. The van der Waals surface area contributed by atoms with Crippen molar-refractivity contribution in [1.82, 2.24) is 14.9 Å². The number of aromatic amines is 1. The van der Waals surface area contributed by atoms with Crippen LogP contribution in [0.4, 0.5) is 5.69 Å². The van der Waals surface area contributed by atoms with Crippen LogP contribution in [0.3, 0.4) is 0 Å². The molecule has 3 aromatic rings. The summed E-state index contributed by atoms with van der Waals surface area (Å²) >= 11 is 12.3. The number of fused-ring (bicyclic) bond motifs is 1. The zero-order chi connectivity index (χ0) is 18.1. The normalized spacial score (nSPS) is 14.8. The van der Waals surface area contributed by atoms with Gasteiger partial charge >= 0.3 is 0 Å². The molecule has 1 aliphatic rings. The minimum Gasteiger partial charge on any atom is -0.338 e. The highest BCUT2D eigenvalue weighted by atomic mass is 35.5. The predicted octanol–water partition coefficient (Wildman–Crippen LogP) is 4.57. The number of rotatable bonds is 4. The second kappa shape index (κ2) is 7.27. The second-order valence-corrected chi connectivity index (χ2v) is 7.24. The number of carbonyl (C=O) groups excluding carboxylic acids is 1. The molecular weight excluding hydrogens is 371 g/mol. The molecule has 1 aliphatic heterocycles. The van der Waals surface area contributed by atoms with Crippen molar-refractivity contribution in [2.75, 3.05) is 25.0 Å². The molecule has 0 radical (unpaired) electrons. The Morgan fingerprint density at radius 2 is 1.85 bits per heavy atom. The van der Waals surface area contributed by atoms with Gasteiger partial charge in [-0.1, -0.05) is 23.2 Å². The van der Waals surface area contributed by atoms with E-state index < -0.39 is 0 Å². The molecule has 0 aliphatic carbocycles. The third-order valence-electron chi connectivity index (χ3n) is 4.55. The van der Waals surface area contributed by atoms with Crippen LogP contribution in [0.25, 0.3) is 22.4 Å². The Balaban J connectivity index is 1.49. The minimum atomic E-state index is 0.0183. The fourth-order valence-corrected chi connectivity index (χ4v) is 3.57. The fourth-order valence-electron chi connectivity index (χ4n) is 3.21.